The number of benzene rings is 1. The predicted molar refractivity (Wildman–Crippen MR) is 94.3 cm³/mol. The maximum Gasteiger partial charge on any atom is 0.260 e. The van der Waals surface area contributed by atoms with Crippen LogP contribution >= 0.6 is 0 Å². The van der Waals surface area contributed by atoms with Crippen LogP contribution in [0, 0.1) is 0 Å². The number of piperidine rings is 1. The number of para-hydroxylation sites is 1. The molecule has 1 unspecified atom stereocenters. The van der Waals surface area contributed by atoms with Gasteiger partial charge in [0.1, 0.15) is 11.4 Å². The van der Waals surface area contributed by atoms with Crippen LogP contribution in [0.5, 0.6) is 5.75 Å². The SMILES string of the molecule is O=C(COc1ccccc1CN1CCC(O)(CO)C1)N1CCCCC1. The second-order valence-electron chi connectivity index (χ2n) is 7.18. The molecule has 25 heavy (non-hydrogen) atoms. The summed E-state index contributed by atoms with van der Waals surface area (Å²) in [6, 6.07) is 7.71. The van der Waals surface area contributed by atoms with Crippen molar-refractivity contribution in [2.75, 3.05) is 39.4 Å². The number of hydrogen-bond acceptors (Lipinski definition) is 5. The van der Waals surface area contributed by atoms with Gasteiger partial charge in [-0.1, -0.05) is 18.2 Å². The molecule has 0 saturated carbocycles. The molecule has 0 aromatic heterocycles. The lowest BCUT2D eigenvalue weighted by molar-refractivity contribution is -0.134. The third-order valence-corrected chi connectivity index (χ3v) is 5.13. The van der Waals surface area contributed by atoms with Crippen molar-refractivity contribution in [1.29, 1.82) is 0 Å². The van der Waals surface area contributed by atoms with Gasteiger partial charge in [-0.2, -0.15) is 0 Å². The van der Waals surface area contributed by atoms with Gasteiger partial charge in [0, 0.05) is 38.3 Å². The van der Waals surface area contributed by atoms with Crippen LogP contribution in [0.2, 0.25) is 0 Å². The van der Waals surface area contributed by atoms with E-state index in [0.29, 0.717) is 25.3 Å². The summed E-state index contributed by atoms with van der Waals surface area (Å²) in [6.07, 6.45) is 3.92. The number of aliphatic hydroxyl groups excluding tert-OH is 1. The molecule has 6 nitrogen and oxygen atoms in total. The molecule has 1 amide bonds. The molecule has 2 aliphatic heterocycles. The predicted octanol–water partition coefficient (Wildman–Crippen LogP) is 1.01. The van der Waals surface area contributed by atoms with Crippen LogP contribution in [0.15, 0.2) is 24.3 Å². The molecule has 0 aliphatic carbocycles. The number of carbonyl (C=O) groups excluding carboxylic acids is 1. The molecule has 138 valence electrons. The van der Waals surface area contributed by atoms with Gasteiger partial charge in [-0.15, -0.1) is 0 Å². The molecule has 3 rings (SSSR count). The highest BCUT2D eigenvalue weighted by molar-refractivity contribution is 5.77. The summed E-state index contributed by atoms with van der Waals surface area (Å²) in [5.41, 5.74) is -0.00355. The van der Waals surface area contributed by atoms with Gasteiger partial charge in [-0.25, -0.2) is 0 Å². The minimum absolute atomic E-state index is 0.0466. The first-order chi connectivity index (χ1) is 12.1. The first-order valence-corrected chi connectivity index (χ1v) is 9.14. The lowest BCUT2D eigenvalue weighted by atomic mass is 10.1. The topological polar surface area (TPSA) is 73.2 Å². The van der Waals surface area contributed by atoms with E-state index in [1.165, 1.54) is 6.42 Å². The van der Waals surface area contributed by atoms with Crippen molar-refractivity contribution in [3.05, 3.63) is 29.8 Å². The number of likely N-dealkylation sites (tertiary alicyclic amines) is 2. The molecule has 0 radical (unpaired) electrons. The maximum absolute atomic E-state index is 12.3. The molecule has 1 aromatic rings. The summed E-state index contributed by atoms with van der Waals surface area (Å²) in [4.78, 5) is 16.3. The minimum Gasteiger partial charge on any atom is -0.483 e. The van der Waals surface area contributed by atoms with E-state index < -0.39 is 5.60 Å². The van der Waals surface area contributed by atoms with Crippen LogP contribution in [0.1, 0.15) is 31.2 Å². The van der Waals surface area contributed by atoms with Gasteiger partial charge in [-0.3, -0.25) is 9.69 Å². The second-order valence-corrected chi connectivity index (χ2v) is 7.18. The Balaban J connectivity index is 1.56. The van der Waals surface area contributed by atoms with E-state index in [-0.39, 0.29) is 19.1 Å². The number of hydrogen-bond donors (Lipinski definition) is 2. The third-order valence-electron chi connectivity index (χ3n) is 5.13. The van der Waals surface area contributed by atoms with Crippen LogP contribution in [0.4, 0.5) is 0 Å². The summed E-state index contributed by atoms with van der Waals surface area (Å²) < 4.78 is 5.81. The fourth-order valence-corrected chi connectivity index (χ4v) is 3.59. The standard InChI is InChI=1S/C19H28N2O4/c22-15-19(24)8-11-20(14-19)12-16-6-2-3-7-17(16)25-13-18(23)21-9-4-1-5-10-21/h2-3,6-7,22,24H,1,4-5,8-15H2. The fourth-order valence-electron chi connectivity index (χ4n) is 3.59. The average Bonchev–Trinajstić information content (AvgIpc) is 3.03. The van der Waals surface area contributed by atoms with Gasteiger partial charge >= 0.3 is 0 Å². The molecule has 2 N–H and O–H groups in total. The highest BCUT2D eigenvalue weighted by atomic mass is 16.5. The molecule has 2 aliphatic rings. The van der Waals surface area contributed by atoms with Gasteiger partial charge in [0.15, 0.2) is 6.61 Å². The molecular formula is C19H28N2O4. The van der Waals surface area contributed by atoms with E-state index in [9.17, 15) is 15.0 Å². The van der Waals surface area contributed by atoms with Crippen LogP contribution in [-0.4, -0.2) is 70.9 Å². The third kappa shape index (κ3) is 4.71. The molecule has 6 heteroatoms. The largest absolute Gasteiger partial charge is 0.483 e. The van der Waals surface area contributed by atoms with E-state index in [1.807, 2.05) is 29.2 Å². The summed E-state index contributed by atoms with van der Waals surface area (Å²) in [5, 5.41) is 19.5. The molecule has 2 fully saturated rings. The molecule has 0 spiro atoms. The highest BCUT2D eigenvalue weighted by Gasteiger charge is 2.35. The van der Waals surface area contributed by atoms with Crippen molar-refractivity contribution < 1.29 is 19.7 Å². The van der Waals surface area contributed by atoms with E-state index >= 15 is 0 Å². The number of rotatable bonds is 6. The molecule has 0 bridgehead atoms. The zero-order valence-corrected chi connectivity index (χ0v) is 14.7. The number of ether oxygens (including phenoxy) is 1. The number of aliphatic hydroxyl groups is 2. The number of β-amino-alcohol motifs (C(OH)–C–C–N with tert-alkyl or cyclic N) is 1. The molecule has 1 atom stereocenters. The highest BCUT2D eigenvalue weighted by Crippen LogP contribution is 2.26. The van der Waals surface area contributed by atoms with Crippen molar-refractivity contribution in [2.45, 2.75) is 37.8 Å². The van der Waals surface area contributed by atoms with E-state index in [0.717, 1.165) is 38.0 Å². The first-order valence-electron chi connectivity index (χ1n) is 9.14. The van der Waals surface area contributed by atoms with Gasteiger partial charge in [0.05, 0.1) is 6.61 Å². The Labute approximate surface area is 149 Å². The van der Waals surface area contributed by atoms with Crippen LogP contribution in [0.3, 0.4) is 0 Å². The lowest BCUT2D eigenvalue weighted by Gasteiger charge is -2.27. The number of amides is 1. The second kappa shape index (κ2) is 8.17. The normalized spacial score (nSPS) is 24.5. The van der Waals surface area contributed by atoms with Crippen LogP contribution < -0.4 is 4.74 Å². The van der Waals surface area contributed by atoms with Crippen LogP contribution in [-0.2, 0) is 11.3 Å². The van der Waals surface area contributed by atoms with Gasteiger partial charge in [0.25, 0.3) is 5.91 Å². The quantitative estimate of drug-likeness (QED) is 0.803. The summed E-state index contributed by atoms with van der Waals surface area (Å²) in [6.45, 7) is 3.33. The van der Waals surface area contributed by atoms with Crippen LogP contribution in [0.25, 0.3) is 0 Å². The van der Waals surface area contributed by atoms with E-state index in [4.69, 9.17) is 4.74 Å². The average molecular weight is 348 g/mol. The molecule has 1 aromatic carbocycles. The van der Waals surface area contributed by atoms with Gasteiger partial charge < -0.3 is 19.8 Å². The van der Waals surface area contributed by atoms with E-state index in [1.54, 1.807) is 0 Å². The van der Waals surface area contributed by atoms with Crippen molar-refractivity contribution >= 4 is 5.91 Å². The van der Waals surface area contributed by atoms with Crippen molar-refractivity contribution in [3.8, 4) is 5.75 Å². The summed E-state index contributed by atoms with van der Waals surface area (Å²) in [5.74, 6) is 0.762. The van der Waals surface area contributed by atoms with Gasteiger partial charge in [0.2, 0.25) is 0 Å². The van der Waals surface area contributed by atoms with Crippen molar-refractivity contribution in [2.24, 2.45) is 0 Å². The molecule has 2 heterocycles. The zero-order chi connectivity index (χ0) is 17.7. The molecular weight excluding hydrogens is 320 g/mol. The summed E-state index contributed by atoms with van der Waals surface area (Å²) in [7, 11) is 0. The Kier molecular flexibility index (Phi) is 5.93. The van der Waals surface area contributed by atoms with Crippen molar-refractivity contribution in [3.63, 3.8) is 0 Å². The fraction of sp³-hybridized carbons (Fsp3) is 0.632. The Bertz CT molecular complexity index is 589. The smallest absolute Gasteiger partial charge is 0.260 e. The first kappa shape index (κ1) is 18.2. The number of nitrogens with zero attached hydrogens (tertiary/aromatic N) is 2. The van der Waals surface area contributed by atoms with E-state index in [2.05, 4.69) is 4.90 Å². The van der Waals surface area contributed by atoms with Crippen molar-refractivity contribution in [1.82, 2.24) is 9.80 Å². The Morgan fingerprint density at radius 3 is 2.64 bits per heavy atom. The zero-order valence-electron chi connectivity index (χ0n) is 14.7. The monoisotopic (exact) mass is 348 g/mol. The maximum atomic E-state index is 12.3. The molecule has 2 saturated heterocycles. The Morgan fingerprint density at radius 2 is 1.92 bits per heavy atom. The lowest BCUT2D eigenvalue weighted by Crippen LogP contribution is -2.38. The Morgan fingerprint density at radius 1 is 1.16 bits per heavy atom. The number of carbonyl (C=O) groups is 1. The summed E-state index contributed by atoms with van der Waals surface area (Å²) >= 11 is 0. The van der Waals surface area contributed by atoms with Gasteiger partial charge in [-0.05, 0) is 31.7 Å². The Hall–Kier alpha value is -1.63. The minimum atomic E-state index is -1.000.